The molecule has 0 aliphatic heterocycles. The van der Waals surface area contributed by atoms with Crippen LogP contribution in [0.15, 0.2) is 42.7 Å². The minimum absolute atomic E-state index is 0.229. The molecule has 0 saturated carbocycles. The molecular formula is C20H22FN5O. The van der Waals surface area contributed by atoms with Crippen LogP contribution < -0.4 is 5.32 Å². The predicted molar refractivity (Wildman–Crippen MR) is 101 cm³/mol. The molecular weight excluding hydrogens is 345 g/mol. The maximum Gasteiger partial charge on any atom is 0.274 e. The Morgan fingerprint density at radius 2 is 1.96 bits per heavy atom. The van der Waals surface area contributed by atoms with Gasteiger partial charge in [-0.3, -0.25) is 9.78 Å². The van der Waals surface area contributed by atoms with E-state index in [0.29, 0.717) is 29.4 Å². The van der Waals surface area contributed by atoms with Gasteiger partial charge in [0.2, 0.25) is 0 Å². The van der Waals surface area contributed by atoms with Gasteiger partial charge in [-0.15, -0.1) is 5.10 Å². The highest BCUT2D eigenvalue weighted by Crippen LogP contribution is 2.25. The molecule has 0 saturated heterocycles. The van der Waals surface area contributed by atoms with Gasteiger partial charge in [0.05, 0.1) is 5.69 Å². The Morgan fingerprint density at radius 1 is 1.22 bits per heavy atom. The first-order chi connectivity index (χ1) is 13.0. The Labute approximate surface area is 157 Å². The number of halogens is 1. The molecule has 27 heavy (non-hydrogen) atoms. The summed E-state index contributed by atoms with van der Waals surface area (Å²) in [6.07, 6.45) is 4.16. The summed E-state index contributed by atoms with van der Waals surface area (Å²) in [6.45, 7) is 6.44. The van der Waals surface area contributed by atoms with E-state index in [4.69, 9.17) is 0 Å². The van der Waals surface area contributed by atoms with Crippen molar-refractivity contribution < 1.29 is 9.18 Å². The van der Waals surface area contributed by atoms with Crippen molar-refractivity contribution >= 4 is 5.91 Å². The van der Waals surface area contributed by atoms with Crippen LogP contribution >= 0.6 is 0 Å². The number of carbonyl (C=O) groups is 1. The van der Waals surface area contributed by atoms with Gasteiger partial charge in [0.15, 0.2) is 5.69 Å². The Balaban J connectivity index is 2.03. The number of aromatic nitrogens is 4. The van der Waals surface area contributed by atoms with Crippen LogP contribution in [-0.4, -0.2) is 32.4 Å². The summed E-state index contributed by atoms with van der Waals surface area (Å²) < 4.78 is 15.2. The number of rotatable bonds is 6. The van der Waals surface area contributed by atoms with E-state index in [0.717, 1.165) is 12.0 Å². The molecule has 3 aromatic rings. The Kier molecular flexibility index (Phi) is 5.59. The number of benzene rings is 1. The average Bonchev–Trinajstić information content (AvgIpc) is 3.09. The van der Waals surface area contributed by atoms with E-state index in [-0.39, 0.29) is 17.4 Å². The molecule has 0 fully saturated rings. The number of nitrogens with one attached hydrogen (secondary N) is 1. The third-order valence-electron chi connectivity index (χ3n) is 4.23. The number of pyridine rings is 1. The van der Waals surface area contributed by atoms with Crippen molar-refractivity contribution in [1.82, 2.24) is 25.3 Å². The number of amides is 1. The third-order valence-corrected chi connectivity index (χ3v) is 4.23. The van der Waals surface area contributed by atoms with Crippen LogP contribution in [0.1, 0.15) is 36.3 Å². The van der Waals surface area contributed by atoms with Crippen molar-refractivity contribution in [2.75, 3.05) is 6.54 Å². The zero-order chi connectivity index (χ0) is 19.4. The molecule has 0 spiro atoms. The number of hydrogen-bond donors (Lipinski definition) is 1. The summed E-state index contributed by atoms with van der Waals surface area (Å²) >= 11 is 0. The highest BCUT2D eigenvalue weighted by atomic mass is 19.1. The van der Waals surface area contributed by atoms with Crippen LogP contribution in [0.3, 0.4) is 0 Å². The molecule has 0 atom stereocenters. The predicted octanol–water partition coefficient (Wildman–Crippen LogP) is 3.55. The lowest BCUT2D eigenvalue weighted by Crippen LogP contribution is -2.26. The van der Waals surface area contributed by atoms with E-state index in [2.05, 4.69) is 34.5 Å². The van der Waals surface area contributed by atoms with Crippen molar-refractivity contribution in [1.29, 1.82) is 0 Å². The zero-order valence-corrected chi connectivity index (χ0v) is 15.6. The van der Waals surface area contributed by atoms with Crippen LogP contribution in [0.25, 0.3) is 16.9 Å². The highest BCUT2D eigenvalue weighted by Gasteiger charge is 2.22. The molecule has 0 aliphatic rings. The lowest BCUT2D eigenvalue weighted by molar-refractivity contribution is 0.0947. The van der Waals surface area contributed by atoms with Crippen LogP contribution in [0.5, 0.6) is 0 Å². The van der Waals surface area contributed by atoms with Gasteiger partial charge in [-0.25, -0.2) is 9.07 Å². The monoisotopic (exact) mass is 367 g/mol. The van der Waals surface area contributed by atoms with Gasteiger partial charge in [0, 0.05) is 24.5 Å². The standard InChI is InChI=1S/C20H22FN5O/c1-13(2)6-11-23-20(27)18-19(15-7-9-22-10-8-15)26(25-24-18)16-4-5-17(21)14(3)12-16/h4-5,7-10,12-13H,6,11H2,1-3H3,(H,23,27). The van der Waals surface area contributed by atoms with Crippen LogP contribution in [0.2, 0.25) is 0 Å². The van der Waals surface area contributed by atoms with Gasteiger partial charge in [0.25, 0.3) is 5.91 Å². The van der Waals surface area contributed by atoms with Crippen molar-refractivity contribution in [2.24, 2.45) is 5.92 Å². The van der Waals surface area contributed by atoms with E-state index in [1.165, 1.54) is 6.07 Å². The second kappa shape index (κ2) is 8.07. The van der Waals surface area contributed by atoms with E-state index in [1.54, 1.807) is 48.3 Å². The fraction of sp³-hybridized carbons (Fsp3) is 0.300. The van der Waals surface area contributed by atoms with Gasteiger partial charge in [-0.2, -0.15) is 0 Å². The first-order valence-electron chi connectivity index (χ1n) is 8.88. The molecule has 7 heteroatoms. The Bertz CT molecular complexity index is 937. The number of hydrogen-bond acceptors (Lipinski definition) is 4. The fourth-order valence-corrected chi connectivity index (χ4v) is 2.70. The summed E-state index contributed by atoms with van der Waals surface area (Å²) in [5.41, 5.74) is 2.66. The first-order valence-corrected chi connectivity index (χ1v) is 8.88. The van der Waals surface area contributed by atoms with Crippen LogP contribution in [-0.2, 0) is 0 Å². The molecule has 140 valence electrons. The van der Waals surface area contributed by atoms with Crippen LogP contribution in [0.4, 0.5) is 4.39 Å². The molecule has 0 aliphatic carbocycles. The third kappa shape index (κ3) is 4.19. The van der Waals surface area contributed by atoms with Crippen molar-refractivity contribution in [3.05, 3.63) is 59.8 Å². The van der Waals surface area contributed by atoms with Crippen molar-refractivity contribution in [2.45, 2.75) is 27.2 Å². The summed E-state index contributed by atoms with van der Waals surface area (Å²) in [5.74, 6) is -0.0913. The van der Waals surface area contributed by atoms with Gasteiger partial charge >= 0.3 is 0 Å². The molecule has 2 heterocycles. The molecule has 1 amide bonds. The topological polar surface area (TPSA) is 72.7 Å². The van der Waals surface area contributed by atoms with E-state index < -0.39 is 0 Å². The molecule has 0 bridgehead atoms. The Morgan fingerprint density at radius 3 is 2.63 bits per heavy atom. The minimum atomic E-state index is -0.295. The largest absolute Gasteiger partial charge is 0.351 e. The second-order valence-electron chi connectivity index (χ2n) is 6.81. The lowest BCUT2D eigenvalue weighted by atomic mass is 10.1. The molecule has 0 radical (unpaired) electrons. The van der Waals surface area contributed by atoms with Gasteiger partial charge in [-0.05, 0) is 55.2 Å². The summed E-state index contributed by atoms with van der Waals surface area (Å²) in [7, 11) is 0. The molecule has 3 rings (SSSR count). The first kappa shape index (κ1) is 18.7. The second-order valence-corrected chi connectivity index (χ2v) is 6.81. The summed E-state index contributed by atoms with van der Waals surface area (Å²) in [5, 5.41) is 11.2. The normalized spacial score (nSPS) is 11.0. The molecule has 2 aromatic heterocycles. The van der Waals surface area contributed by atoms with Crippen LogP contribution in [0, 0.1) is 18.7 Å². The summed E-state index contributed by atoms with van der Waals surface area (Å²) in [6, 6.07) is 8.25. The quantitative estimate of drug-likeness (QED) is 0.723. The maximum absolute atomic E-state index is 13.7. The maximum atomic E-state index is 13.7. The molecule has 0 unspecified atom stereocenters. The average molecular weight is 367 g/mol. The molecule has 1 aromatic carbocycles. The molecule has 6 nitrogen and oxygen atoms in total. The lowest BCUT2D eigenvalue weighted by Gasteiger charge is -2.10. The smallest absolute Gasteiger partial charge is 0.274 e. The summed E-state index contributed by atoms with van der Waals surface area (Å²) in [4.78, 5) is 16.7. The SMILES string of the molecule is Cc1cc(-n2nnc(C(=O)NCCC(C)C)c2-c2ccncc2)ccc1F. The molecule has 1 N–H and O–H groups in total. The van der Waals surface area contributed by atoms with E-state index in [9.17, 15) is 9.18 Å². The van der Waals surface area contributed by atoms with E-state index in [1.807, 2.05) is 0 Å². The van der Waals surface area contributed by atoms with Crippen molar-refractivity contribution in [3.63, 3.8) is 0 Å². The van der Waals surface area contributed by atoms with Gasteiger partial charge < -0.3 is 5.32 Å². The van der Waals surface area contributed by atoms with Gasteiger partial charge in [-0.1, -0.05) is 19.1 Å². The fourth-order valence-electron chi connectivity index (χ4n) is 2.70. The number of carbonyl (C=O) groups excluding carboxylic acids is 1. The number of nitrogens with zero attached hydrogens (tertiary/aromatic N) is 4. The highest BCUT2D eigenvalue weighted by molar-refractivity contribution is 5.98. The zero-order valence-electron chi connectivity index (χ0n) is 15.6. The van der Waals surface area contributed by atoms with Gasteiger partial charge in [0.1, 0.15) is 11.5 Å². The Hall–Kier alpha value is -3.09. The number of aryl methyl sites for hydroxylation is 1. The van der Waals surface area contributed by atoms with Crippen molar-refractivity contribution in [3.8, 4) is 16.9 Å². The minimum Gasteiger partial charge on any atom is -0.351 e. The van der Waals surface area contributed by atoms with E-state index >= 15 is 0 Å².